The Morgan fingerprint density at radius 1 is 0.944 bits per heavy atom. The van der Waals surface area contributed by atoms with Crippen molar-refractivity contribution in [2.24, 2.45) is 0 Å². The Hall–Kier alpha value is 0.270. The first-order valence-electron chi connectivity index (χ1n) is 7.73. The van der Waals surface area contributed by atoms with Crippen molar-refractivity contribution in [1.29, 1.82) is 0 Å². The topological polar surface area (TPSA) is 12.5 Å². The number of thiol groups is 1. The average Bonchev–Trinajstić information content (AvgIpc) is 2.42. The maximum absolute atomic E-state index is 5.40. The number of hydrogen-bond donors (Lipinski definition) is 1. The third-order valence-corrected chi connectivity index (χ3v) is 4.32. The van der Waals surface area contributed by atoms with Crippen molar-refractivity contribution in [3.05, 3.63) is 0 Å². The molecule has 0 radical (unpaired) electrons. The van der Waals surface area contributed by atoms with Crippen LogP contribution in [0.4, 0.5) is 0 Å². The Kier molecular flexibility index (Phi) is 10.1. The summed E-state index contributed by atoms with van der Waals surface area (Å²) in [5, 5.41) is 0. The molecule has 1 aliphatic heterocycles. The summed E-state index contributed by atoms with van der Waals surface area (Å²) in [6, 6.07) is 0. The first-order chi connectivity index (χ1) is 8.86. The van der Waals surface area contributed by atoms with Gasteiger partial charge in [-0.3, -0.25) is 0 Å². The summed E-state index contributed by atoms with van der Waals surface area (Å²) >= 11 is 4.24. The van der Waals surface area contributed by atoms with E-state index >= 15 is 0 Å². The smallest absolute Gasteiger partial charge is 0.0595 e. The first kappa shape index (κ1) is 16.3. The summed E-state index contributed by atoms with van der Waals surface area (Å²) in [4.78, 5) is 2.61. The first-order valence-corrected chi connectivity index (χ1v) is 8.36. The second-order valence-corrected chi connectivity index (χ2v) is 5.92. The van der Waals surface area contributed by atoms with Crippen molar-refractivity contribution < 1.29 is 4.74 Å². The molecule has 1 saturated heterocycles. The van der Waals surface area contributed by atoms with Crippen molar-refractivity contribution in [3.63, 3.8) is 0 Å². The fourth-order valence-electron chi connectivity index (χ4n) is 2.70. The van der Waals surface area contributed by atoms with Gasteiger partial charge in [0.2, 0.25) is 0 Å². The average molecular weight is 273 g/mol. The molecule has 0 bridgehead atoms. The molecule has 0 spiro atoms. The SMILES string of the molecule is COC1CCN(CCCCCCCCCS)CC1. The lowest BCUT2D eigenvalue weighted by atomic mass is 10.1. The van der Waals surface area contributed by atoms with E-state index in [1.807, 2.05) is 7.11 Å². The number of nitrogens with zero attached hydrogens (tertiary/aromatic N) is 1. The molecule has 3 heteroatoms. The van der Waals surface area contributed by atoms with Crippen LogP contribution in [0.25, 0.3) is 0 Å². The van der Waals surface area contributed by atoms with Crippen molar-refractivity contribution in [2.75, 3.05) is 32.5 Å². The molecule has 0 N–H and O–H groups in total. The zero-order chi connectivity index (χ0) is 13.1. The number of methoxy groups -OCH3 is 1. The van der Waals surface area contributed by atoms with Crippen LogP contribution >= 0.6 is 12.6 Å². The molecule has 1 rings (SSSR count). The minimum absolute atomic E-state index is 0.521. The van der Waals surface area contributed by atoms with Crippen molar-refractivity contribution in [2.45, 2.75) is 63.9 Å². The third-order valence-electron chi connectivity index (χ3n) is 4.00. The summed E-state index contributed by atoms with van der Waals surface area (Å²) in [7, 11) is 1.84. The molecule has 0 atom stereocenters. The molecule has 0 amide bonds. The highest BCUT2D eigenvalue weighted by molar-refractivity contribution is 7.80. The maximum atomic E-state index is 5.40. The van der Waals surface area contributed by atoms with Crippen LogP contribution in [0.15, 0.2) is 0 Å². The van der Waals surface area contributed by atoms with Crippen LogP contribution in [-0.4, -0.2) is 43.5 Å². The minimum atomic E-state index is 0.521. The maximum Gasteiger partial charge on any atom is 0.0595 e. The molecule has 0 aromatic heterocycles. The van der Waals surface area contributed by atoms with Crippen LogP contribution in [0.2, 0.25) is 0 Å². The Bertz CT molecular complexity index is 181. The molecule has 108 valence electrons. The van der Waals surface area contributed by atoms with Gasteiger partial charge in [-0.1, -0.05) is 32.1 Å². The van der Waals surface area contributed by atoms with Crippen molar-refractivity contribution in [3.8, 4) is 0 Å². The van der Waals surface area contributed by atoms with E-state index in [1.54, 1.807) is 0 Å². The standard InChI is InChI=1S/C15H31NOS/c1-17-15-9-12-16(13-10-15)11-7-5-3-2-4-6-8-14-18/h15,18H,2-14H2,1H3. The number of ether oxygens (including phenoxy) is 1. The fourth-order valence-corrected chi connectivity index (χ4v) is 2.92. The van der Waals surface area contributed by atoms with Gasteiger partial charge in [0.15, 0.2) is 0 Å². The number of unbranched alkanes of at least 4 members (excludes halogenated alkanes) is 6. The quantitative estimate of drug-likeness (QED) is 0.481. The van der Waals surface area contributed by atoms with Crippen molar-refractivity contribution in [1.82, 2.24) is 4.90 Å². The van der Waals surface area contributed by atoms with Gasteiger partial charge in [0.25, 0.3) is 0 Å². The van der Waals surface area contributed by atoms with Crippen LogP contribution in [-0.2, 0) is 4.74 Å². The Labute approximate surface area is 119 Å². The van der Waals surface area contributed by atoms with Gasteiger partial charge in [-0.25, -0.2) is 0 Å². The molecule has 0 aromatic rings. The number of hydrogen-bond acceptors (Lipinski definition) is 3. The zero-order valence-electron chi connectivity index (χ0n) is 12.1. The normalized spacial score (nSPS) is 18.3. The largest absolute Gasteiger partial charge is 0.381 e. The Morgan fingerprint density at radius 3 is 2.06 bits per heavy atom. The van der Waals surface area contributed by atoms with Gasteiger partial charge in [0.1, 0.15) is 0 Å². The molecular formula is C15H31NOS. The summed E-state index contributed by atoms with van der Waals surface area (Å²) in [6.45, 7) is 3.77. The summed E-state index contributed by atoms with van der Waals surface area (Å²) in [5.41, 5.74) is 0. The van der Waals surface area contributed by atoms with Gasteiger partial charge in [0, 0.05) is 20.2 Å². The molecule has 1 fully saturated rings. The highest BCUT2D eigenvalue weighted by atomic mass is 32.1. The van der Waals surface area contributed by atoms with Gasteiger partial charge >= 0.3 is 0 Å². The molecule has 0 aliphatic carbocycles. The van der Waals surface area contributed by atoms with E-state index in [1.165, 1.54) is 77.4 Å². The second kappa shape index (κ2) is 11.1. The third kappa shape index (κ3) is 7.65. The molecule has 1 aliphatic rings. The van der Waals surface area contributed by atoms with E-state index in [0.717, 1.165) is 5.75 Å². The van der Waals surface area contributed by atoms with E-state index in [2.05, 4.69) is 17.5 Å². The number of rotatable bonds is 10. The lowest BCUT2D eigenvalue weighted by Gasteiger charge is -2.31. The van der Waals surface area contributed by atoms with Crippen LogP contribution < -0.4 is 0 Å². The lowest BCUT2D eigenvalue weighted by molar-refractivity contribution is 0.0407. The highest BCUT2D eigenvalue weighted by Crippen LogP contribution is 2.14. The van der Waals surface area contributed by atoms with Gasteiger partial charge in [-0.05, 0) is 38.0 Å². The van der Waals surface area contributed by atoms with Crippen LogP contribution in [0, 0.1) is 0 Å². The van der Waals surface area contributed by atoms with Gasteiger partial charge < -0.3 is 9.64 Å². The fraction of sp³-hybridized carbons (Fsp3) is 1.00. The van der Waals surface area contributed by atoms with E-state index < -0.39 is 0 Å². The van der Waals surface area contributed by atoms with Crippen molar-refractivity contribution >= 4 is 12.6 Å². The monoisotopic (exact) mass is 273 g/mol. The zero-order valence-corrected chi connectivity index (χ0v) is 13.0. The molecule has 0 saturated carbocycles. The predicted molar refractivity (Wildman–Crippen MR) is 82.6 cm³/mol. The second-order valence-electron chi connectivity index (χ2n) is 5.48. The lowest BCUT2D eigenvalue weighted by Crippen LogP contribution is -2.37. The Balaban J connectivity index is 1.84. The molecular weight excluding hydrogens is 242 g/mol. The van der Waals surface area contributed by atoms with Crippen LogP contribution in [0.5, 0.6) is 0 Å². The summed E-state index contributed by atoms with van der Waals surface area (Å²) < 4.78 is 5.40. The van der Waals surface area contributed by atoms with E-state index in [-0.39, 0.29) is 0 Å². The van der Waals surface area contributed by atoms with Crippen LogP contribution in [0.3, 0.4) is 0 Å². The summed E-state index contributed by atoms with van der Waals surface area (Å²) in [5.74, 6) is 1.05. The minimum Gasteiger partial charge on any atom is -0.381 e. The molecule has 0 aromatic carbocycles. The van der Waals surface area contributed by atoms with Gasteiger partial charge in [-0.15, -0.1) is 0 Å². The van der Waals surface area contributed by atoms with Gasteiger partial charge in [0.05, 0.1) is 6.10 Å². The van der Waals surface area contributed by atoms with E-state index in [9.17, 15) is 0 Å². The van der Waals surface area contributed by atoms with E-state index in [4.69, 9.17) is 4.74 Å². The van der Waals surface area contributed by atoms with E-state index in [0.29, 0.717) is 6.10 Å². The number of piperidine rings is 1. The van der Waals surface area contributed by atoms with Crippen LogP contribution in [0.1, 0.15) is 57.8 Å². The highest BCUT2D eigenvalue weighted by Gasteiger charge is 2.17. The molecule has 18 heavy (non-hydrogen) atoms. The Morgan fingerprint density at radius 2 is 1.50 bits per heavy atom. The van der Waals surface area contributed by atoms with Gasteiger partial charge in [-0.2, -0.15) is 12.6 Å². The molecule has 2 nitrogen and oxygen atoms in total. The number of likely N-dealkylation sites (tertiary alicyclic amines) is 1. The summed E-state index contributed by atoms with van der Waals surface area (Å²) in [6.07, 6.45) is 12.6. The predicted octanol–water partition coefficient (Wildman–Crippen LogP) is 3.76. The molecule has 0 unspecified atom stereocenters. The molecule has 1 heterocycles.